The molecule has 0 unspecified atom stereocenters. The van der Waals surface area contributed by atoms with Crippen molar-refractivity contribution in [3.8, 4) is 5.75 Å². The predicted molar refractivity (Wildman–Crippen MR) is 70.3 cm³/mol. The smallest absolute Gasteiger partial charge is 0.344 e. The van der Waals surface area contributed by atoms with Gasteiger partial charge in [-0.15, -0.1) is 0 Å². The number of ether oxygens (including phenoxy) is 2. The Morgan fingerprint density at radius 3 is 2.70 bits per heavy atom. The van der Waals surface area contributed by atoms with Crippen LogP contribution in [0.15, 0.2) is 42.7 Å². The highest BCUT2D eigenvalue weighted by Crippen LogP contribution is 2.13. The van der Waals surface area contributed by atoms with Gasteiger partial charge in [-0.05, 0) is 30.3 Å². The third kappa shape index (κ3) is 4.24. The number of carbonyl (C=O) groups excluding carboxylic acids is 1. The normalized spacial score (nSPS) is 10.1. The van der Waals surface area contributed by atoms with Gasteiger partial charge in [0.25, 0.3) is 0 Å². The number of anilines is 1. The lowest BCUT2D eigenvalue weighted by Crippen LogP contribution is -2.14. The first-order valence-electron chi connectivity index (χ1n) is 5.87. The molecule has 5 nitrogen and oxygen atoms in total. The Morgan fingerprint density at radius 1 is 1.25 bits per heavy atom. The van der Waals surface area contributed by atoms with Crippen LogP contribution in [0.2, 0.25) is 0 Å². The molecule has 1 aromatic carbocycles. The van der Waals surface area contributed by atoms with Gasteiger partial charge in [0.05, 0.1) is 6.20 Å². The lowest BCUT2D eigenvalue weighted by Gasteiger charge is -2.07. The molecule has 2 N–H and O–H groups in total. The van der Waals surface area contributed by atoms with E-state index in [4.69, 9.17) is 15.2 Å². The maximum absolute atomic E-state index is 12.9. The van der Waals surface area contributed by atoms with Gasteiger partial charge in [-0.3, -0.25) is 4.98 Å². The number of benzene rings is 1. The minimum Gasteiger partial charge on any atom is -0.482 e. The van der Waals surface area contributed by atoms with Crippen LogP contribution in [0, 0.1) is 5.82 Å². The average molecular weight is 276 g/mol. The number of nitrogen functional groups attached to an aromatic ring is 1. The maximum Gasteiger partial charge on any atom is 0.344 e. The van der Waals surface area contributed by atoms with Crippen LogP contribution in [0.3, 0.4) is 0 Å². The molecule has 20 heavy (non-hydrogen) atoms. The number of rotatable bonds is 5. The second kappa shape index (κ2) is 6.51. The van der Waals surface area contributed by atoms with Crippen molar-refractivity contribution in [1.29, 1.82) is 0 Å². The van der Waals surface area contributed by atoms with Gasteiger partial charge >= 0.3 is 5.97 Å². The van der Waals surface area contributed by atoms with E-state index in [1.54, 1.807) is 24.3 Å². The van der Waals surface area contributed by atoms with E-state index in [0.717, 1.165) is 6.20 Å². The maximum atomic E-state index is 12.9. The van der Waals surface area contributed by atoms with Crippen molar-refractivity contribution in [2.45, 2.75) is 6.61 Å². The number of nitrogens with two attached hydrogens (primary N) is 1. The van der Waals surface area contributed by atoms with Crippen molar-refractivity contribution in [1.82, 2.24) is 4.98 Å². The highest BCUT2D eigenvalue weighted by molar-refractivity contribution is 5.71. The summed E-state index contributed by atoms with van der Waals surface area (Å²) in [5, 5.41) is 0. The molecule has 0 saturated carbocycles. The lowest BCUT2D eigenvalue weighted by atomic mass is 10.3. The van der Waals surface area contributed by atoms with E-state index in [1.165, 1.54) is 12.3 Å². The molecule has 2 rings (SSSR count). The number of carbonyl (C=O) groups is 1. The first kappa shape index (κ1) is 13.8. The molecule has 0 amide bonds. The van der Waals surface area contributed by atoms with E-state index in [-0.39, 0.29) is 13.2 Å². The van der Waals surface area contributed by atoms with Crippen LogP contribution in [0.1, 0.15) is 5.56 Å². The quantitative estimate of drug-likeness (QED) is 0.667. The summed E-state index contributed by atoms with van der Waals surface area (Å²) in [6.07, 6.45) is 2.51. The van der Waals surface area contributed by atoms with Crippen LogP contribution in [0.25, 0.3) is 0 Å². The van der Waals surface area contributed by atoms with Crippen LogP contribution in [-0.4, -0.2) is 17.6 Å². The van der Waals surface area contributed by atoms with Crippen molar-refractivity contribution >= 4 is 11.7 Å². The molecule has 0 radical (unpaired) electrons. The molecule has 2 aromatic rings. The molecule has 0 saturated heterocycles. The van der Waals surface area contributed by atoms with Gasteiger partial charge in [0.2, 0.25) is 0 Å². The van der Waals surface area contributed by atoms with Gasteiger partial charge < -0.3 is 15.2 Å². The topological polar surface area (TPSA) is 74.4 Å². The molecule has 0 aliphatic heterocycles. The van der Waals surface area contributed by atoms with E-state index in [2.05, 4.69) is 4.98 Å². The van der Waals surface area contributed by atoms with Crippen LogP contribution < -0.4 is 10.5 Å². The zero-order valence-electron chi connectivity index (χ0n) is 10.6. The number of hydrogen-bond acceptors (Lipinski definition) is 5. The molecule has 0 bridgehead atoms. The summed E-state index contributed by atoms with van der Waals surface area (Å²) in [5.74, 6) is -0.508. The summed E-state index contributed by atoms with van der Waals surface area (Å²) in [4.78, 5) is 15.1. The molecule has 0 aliphatic carbocycles. The van der Waals surface area contributed by atoms with Crippen LogP contribution in [-0.2, 0) is 16.1 Å². The Bertz CT molecular complexity index is 587. The first-order chi connectivity index (χ1) is 9.63. The molecular weight excluding hydrogens is 263 g/mol. The molecule has 6 heteroatoms. The van der Waals surface area contributed by atoms with Crippen LogP contribution >= 0.6 is 0 Å². The van der Waals surface area contributed by atoms with Gasteiger partial charge in [-0.2, -0.15) is 0 Å². The van der Waals surface area contributed by atoms with Gasteiger partial charge in [0.15, 0.2) is 6.61 Å². The molecule has 0 fully saturated rings. The number of hydrogen-bond donors (Lipinski definition) is 1. The van der Waals surface area contributed by atoms with Crippen molar-refractivity contribution in [2.24, 2.45) is 0 Å². The second-order valence-corrected chi connectivity index (χ2v) is 4.03. The average Bonchev–Trinajstić information content (AvgIpc) is 2.45. The Morgan fingerprint density at radius 2 is 2.00 bits per heavy atom. The Labute approximate surface area is 115 Å². The predicted octanol–water partition coefficient (Wildman–Crippen LogP) is 1.93. The van der Waals surface area contributed by atoms with E-state index in [1.807, 2.05) is 0 Å². The highest BCUT2D eigenvalue weighted by Gasteiger charge is 2.05. The molecule has 0 aliphatic rings. The SMILES string of the molecule is Nc1ccc(OCC(=O)OCc2cncc(F)c2)cc1. The van der Waals surface area contributed by atoms with Crippen LogP contribution in [0.4, 0.5) is 10.1 Å². The Balaban J connectivity index is 1.77. The first-order valence-corrected chi connectivity index (χ1v) is 5.87. The fourth-order valence-electron chi connectivity index (χ4n) is 1.45. The van der Waals surface area contributed by atoms with Crippen molar-refractivity contribution in [2.75, 3.05) is 12.3 Å². The number of nitrogens with zero attached hydrogens (tertiary/aromatic N) is 1. The van der Waals surface area contributed by atoms with Gasteiger partial charge in [-0.1, -0.05) is 0 Å². The number of aromatic nitrogens is 1. The zero-order valence-corrected chi connectivity index (χ0v) is 10.6. The summed E-state index contributed by atoms with van der Waals surface area (Å²) in [5.41, 5.74) is 6.61. The van der Waals surface area contributed by atoms with Crippen molar-refractivity contribution in [3.63, 3.8) is 0 Å². The second-order valence-electron chi connectivity index (χ2n) is 4.03. The highest BCUT2D eigenvalue weighted by atomic mass is 19.1. The molecule has 0 spiro atoms. The fraction of sp³-hybridized carbons (Fsp3) is 0.143. The van der Waals surface area contributed by atoms with E-state index < -0.39 is 11.8 Å². The van der Waals surface area contributed by atoms with Crippen LogP contribution in [0.5, 0.6) is 5.75 Å². The monoisotopic (exact) mass is 276 g/mol. The summed E-state index contributed by atoms with van der Waals surface area (Å²) >= 11 is 0. The van der Waals surface area contributed by atoms with Crippen molar-refractivity contribution < 1.29 is 18.7 Å². The standard InChI is InChI=1S/C14H13FN2O3/c15-11-5-10(6-17-7-11)8-20-14(18)9-19-13-3-1-12(16)2-4-13/h1-7H,8-9,16H2. The molecule has 1 heterocycles. The Hall–Kier alpha value is -2.63. The zero-order chi connectivity index (χ0) is 14.4. The molecular formula is C14H13FN2O3. The molecule has 104 valence electrons. The largest absolute Gasteiger partial charge is 0.482 e. The summed E-state index contributed by atoms with van der Waals surface area (Å²) in [7, 11) is 0. The Kier molecular flexibility index (Phi) is 4.49. The van der Waals surface area contributed by atoms with E-state index >= 15 is 0 Å². The number of halogens is 1. The number of esters is 1. The summed E-state index contributed by atoms with van der Waals surface area (Å²) in [6, 6.07) is 7.89. The van der Waals surface area contributed by atoms with Gasteiger partial charge in [0, 0.05) is 17.4 Å². The van der Waals surface area contributed by atoms with Crippen molar-refractivity contribution in [3.05, 3.63) is 54.1 Å². The minimum absolute atomic E-state index is 0.0469. The van der Waals surface area contributed by atoms with E-state index in [0.29, 0.717) is 17.0 Å². The third-order valence-electron chi connectivity index (χ3n) is 2.40. The van der Waals surface area contributed by atoms with Gasteiger partial charge in [-0.25, -0.2) is 9.18 Å². The van der Waals surface area contributed by atoms with Gasteiger partial charge in [0.1, 0.15) is 18.2 Å². The summed E-state index contributed by atoms with van der Waals surface area (Å²) < 4.78 is 23.0. The summed E-state index contributed by atoms with van der Waals surface area (Å²) in [6.45, 7) is -0.276. The van der Waals surface area contributed by atoms with E-state index in [9.17, 15) is 9.18 Å². The lowest BCUT2D eigenvalue weighted by molar-refractivity contribution is -0.147. The minimum atomic E-state index is -0.550. The molecule has 1 aromatic heterocycles. The third-order valence-corrected chi connectivity index (χ3v) is 2.40. The molecule has 0 atom stereocenters. The number of pyridine rings is 1. The fourth-order valence-corrected chi connectivity index (χ4v) is 1.45.